The van der Waals surface area contributed by atoms with Gasteiger partial charge in [-0.15, -0.1) is 0 Å². The van der Waals surface area contributed by atoms with Crippen molar-refractivity contribution in [3.8, 4) is 5.75 Å². The van der Waals surface area contributed by atoms with Crippen molar-refractivity contribution in [1.29, 1.82) is 0 Å². The third-order valence-electron chi connectivity index (χ3n) is 5.90. The number of sulfonamides is 1. The van der Waals surface area contributed by atoms with Crippen LogP contribution in [0.4, 0.5) is 0 Å². The van der Waals surface area contributed by atoms with Gasteiger partial charge in [0.2, 0.25) is 10.0 Å². The highest BCUT2D eigenvalue weighted by molar-refractivity contribution is 7.89. The summed E-state index contributed by atoms with van der Waals surface area (Å²) >= 11 is 0. The lowest BCUT2D eigenvalue weighted by Crippen LogP contribution is -2.48. The van der Waals surface area contributed by atoms with Gasteiger partial charge in [0, 0.05) is 12.6 Å². The van der Waals surface area contributed by atoms with Crippen molar-refractivity contribution in [1.82, 2.24) is 4.31 Å². The van der Waals surface area contributed by atoms with E-state index in [0.717, 1.165) is 0 Å². The Morgan fingerprint density at radius 3 is 2.48 bits per heavy atom. The number of hydrogen-bond acceptors (Lipinski definition) is 6. The van der Waals surface area contributed by atoms with Crippen molar-refractivity contribution in [2.24, 2.45) is 5.92 Å². The number of carbonyl (C=O) groups is 1. The van der Waals surface area contributed by atoms with E-state index in [9.17, 15) is 18.3 Å². The Hall–Kier alpha value is -1.64. The zero-order valence-electron chi connectivity index (χ0n) is 17.0. The van der Waals surface area contributed by atoms with Crippen LogP contribution in [-0.4, -0.2) is 56.2 Å². The van der Waals surface area contributed by atoms with E-state index < -0.39 is 28.1 Å². The number of aliphatic hydroxyl groups excluding tert-OH is 1. The van der Waals surface area contributed by atoms with E-state index >= 15 is 0 Å². The molecule has 1 aliphatic heterocycles. The van der Waals surface area contributed by atoms with Gasteiger partial charge < -0.3 is 14.6 Å². The molecule has 1 N–H and O–H groups in total. The zero-order chi connectivity index (χ0) is 20.9. The Kier molecular flexibility index (Phi) is 7.54. The summed E-state index contributed by atoms with van der Waals surface area (Å²) in [7, 11) is -2.51. The van der Waals surface area contributed by atoms with E-state index in [4.69, 9.17) is 4.74 Å². The van der Waals surface area contributed by atoms with Gasteiger partial charge in [-0.25, -0.2) is 8.42 Å². The third-order valence-corrected chi connectivity index (χ3v) is 7.87. The van der Waals surface area contributed by atoms with Crippen LogP contribution in [0.1, 0.15) is 51.4 Å². The number of esters is 1. The third kappa shape index (κ3) is 5.71. The number of rotatable bonds is 7. The van der Waals surface area contributed by atoms with Gasteiger partial charge in [0.25, 0.3) is 0 Å². The van der Waals surface area contributed by atoms with E-state index in [1.807, 2.05) is 0 Å². The second kappa shape index (κ2) is 9.91. The lowest BCUT2D eigenvalue weighted by atomic mass is 9.90. The maximum Gasteiger partial charge on any atom is 0.307 e. The smallest absolute Gasteiger partial charge is 0.307 e. The van der Waals surface area contributed by atoms with Crippen LogP contribution in [0.2, 0.25) is 0 Å². The molecule has 29 heavy (non-hydrogen) atoms. The molecule has 0 radical (unpaired) electrons. The number of piperidine rings is 1. The first-order valence-corrected chi connectivity index (χ1v) is 11.8. The number of nitrogens with zero attached hydrogens (tertiary/aromatic N) is 1. The van der Waals surface area contributed by atoms with Crippen molar-refractivity contribution >= 4 is 16.0 Å². The Bertz CT molecular complexity index is 773. The van der Waals surface area contributed by atoms with Crippen LogP contribution in [0, 0.1) is 5.92 Å². The largest absolute Gasteiger partial charge is 0.493 e. The van der Waals surface area contributed by atoms with E-state index in [1.54, 1.807) is 24.3 Å². The maximum atomic E-state index is 13.1. The molecule has 3 rings (SSSR count). The Labute approximate surface area is 173 Å². The minimum Gasteiger partial charge on any atom is -0.493 e. The molecule has 2 fully saturated rings. The topological polar surface area (TPSA) is 93.1 Å². The van der Waals surface area contributed by atoms with Crippen molar-refractivity contribution in [2.45, 2.75) is 68.4 Å². The molecule has 0 spiro atoms. The minimum absolute atomic E-state index is 0.0740. The molecule has 2 atom stereocenters. The molecular weight excluding hydrogens is 394 g/mol. The van der Waals surface area contributed by atoms with Crippen molar-refractivity contribution in [3.63, 3.8) is 0 Å². The molecule has 0 unspecified atom stereocenters. The highest BCUT2D eigenvalue weighted by Crippen LogP contribution is 2.29. The highest BCUT2D eigenvalue weighted by atomic mass is 32.2. The summed E-state index contributed by atoms with van der Waals surface area (Å²) in [5.41, 5.74) is 0. The van der Waals surface area contributed by atoms with E-state index in [-0.39, 0.29) is 24.3 Å². The summed E-state index contributed by atoms with van der Waals surface area (Å²) in [5, 5.41) is 9.93. The molecule has 8 heteroatoms. The van der Waals surface area contributed by atoms with Crippen molar-refractivity contribution < 1.29 is 27.8 Å². The van der Waals surface area contributed by atoms with Gasteiger partial charge in [-0.3, -0.25) is 4.79 Å². The van der Waals surface area contributed by atoms with Crippen molar-refractivity contribution in [3.05, 3.63) is 24.3 Å². The fraction of sp³-hybridized carbons (Fsp3) is 0.667. The monoisotopic (exact) mass is 425 g/mol. The van der Waals surface area contributed by atoms with Crippen LogP contribution < -0.4 is 4.74 Å². The molecule has 1 aromatic rings. The fourth-order valence-corrected chi connectivity index (χ4v) is 5.85. The maximum absolute atomic E-state index is 13.1. The van der Waals surface area contributed by atoms with E-state index in [0.29, 0.717) is 24.7 Å². The average molecular weight is 426 g/mol. The van der Waals surface area contributed by atoms with Gasteiger partial charge >= 0.3 is 5.97 Å². The average Bonchev–Trinajstić information content (AvgIpc) is 2.73. The molecule has 1 saturated carbocycles. The van der Waals surface area contributed by atoms with Gasteiger partial charge in [-0.1, -0.05) is 19.3 Å². The summed E-state index contributed by atoms with van der Waals surface area (Å²) in [6.07, 6.45) is 6.06. The molecular formula is C21H31NO6S. The van der Waals surface area contributed by atoms with Gasteiger partial charge in [0.1, 0.15) is 5.75 Å². The molecule has 1 aliphatic carbocycles. The van der Waals surface area contributed by atoms with Gasteiger partial charge in [0.15, 0.2) is 0 Å². The second-order valence-electron chi connectivity index (χ2n) is 8.01. The molecule has 2 aliphatic rings. The molecule has 0 aromatic heterocycles. The SMILES string of the molecule is COC(=O)C[C@@H]1C[C@@H](O)CCN1S(=O)(=O)c1ccc(OCC2CCCCC2)cc1. The Balaban J connectivity index is 1.67. The lowest BCUT2D eigenvalue weighted by Gasteiger charge is -2.36. The molecule has 0 bridgehead atoms. The predicted octanol–water partition coefficient (Wildman–Crippen LogP) is 2.72. The fourth-order valence-electron chi connectivity index (χ4n) is 4.20. The van der Waals surface area contributed by atoms with Crippen LogP contribution in [-0.2, 0) is 19.6 Å². The highest BCUT2D eigenvalue weighted by Gasteiger charge is 2.37. The van der Waals surface area contributed by atoms with Gasteiger partial charge in [0.05, 0.1) is 31.1 Å². The quantitative estimate of drug-likeness (QED) is 0.675. The number of methoxy groups -OCH3 is 1. The van der Waals surface area contributed by atoms with E-state index in [2.05, 4.69) is 4.74 Å². The van der Waals surface area contributed by atoms with Crippen LogP contribution >= 0.6 is 0 Å². The summed E-state index contributed by atoms with van der Waals surface area (Å²) in [5.74, 6) is 0.747. The minimum atomic E-state index is -3.78. The molecule has 7 nitrogen and oxygen atoms in total. The summed E-state index contributed by atoms with van der Waals surface area (Å²) in [6.45, 7) is 0.836. The normalized spacial score (nSPS) is 24.2. The van der Waals surface area contributed by atoms with Crippen LogP contribution in [0.15, 0.2) is 29.2 Å². The van der Waals surface area contributed by atoms with Gasteiger partial charge in [-0.05, 0) is 55.9 Å². The number of hydrogen-bond donors (Lipinski definition) is 1. The molecule has 1 saturated heterocycles. The van der Waals surface area contributed by atoms with Crippen molar-refractivity contribution in [2.75, 3.05) is 20.3 Å². The lowest BCUT2D eigenvalue weighted by molar-refractivity contribution is -0.142. The molecule has 1 aromatic carbocycles. The number of benzene rings is 1. The number of aliphatic hydroxyl groups is 1. The summed E-state index contributed by atoms with van der Waals surface area (Å²) in [6, 6.07) is 5.85. The van der Waals surface area contributed by atoms with Gasteiger partial charge in [-0.2, -0.15) is 4.31 Å². The Morgan fingerprint density at radius 1 is 1.14 bits per heavy atom. The van der Waals surface area contributed by atoms with Crippen LogP contribution in [0.5, 0.6) is 5.75 Å². The summed E-state index contributed by atoms with van der Waals surface area (Å²) < 4.78 is 38.1. The second-order valence-corrected chi connectivity index (χ2v) is 9.91. The first kappa shape index (κ1) is 22.1. The molecule has 1 heterocycles. The zero-order valence-corrected chi connectivity index (χ0v) is 17.8. The predicted molar refractivity (Wildman–Crippen MR) is 108 cm³/mol. The van der Waals surface area contributed by atoms with E-state index in [1.165, 1.54) is 43.5 Å². The Morgan fingerprint density at radius 2 is 1.83 bits per heavy atom. The first-order valence-electron chi connectivity index (χ1n) is 10.4. The number of ether oxygens (including phenoxy) is 2. The standard InChI is InChI=1S/C21H31NO6S/c1-27-21(24)14-17-13-18(23)11-12-22(17)29(25,26)20-9-7-19(8-10-20)28-15-16-5-3-2-4-6-16/h7-10,16-18,23H,2-6,11-15H2,1H3/t17-,18-/m0/s1. The summed E-state index contributed by atoms with van der Waals surface area (Å²) in [4.78, 5) is 11.9. The first-order chi connectivity index (χ1) is 13.9. The number of carbonyl (C=O) groups excluding carboxylic acids is 1. The van der Waals surface area contributed by atoms with Crippen LogP contribution in [0.25, 0.3) is 0 Å². The molecule has 162 valence electrons. The molecule has 0 amide bonds. The van der Waals surface area contributed by atoms with Crippen LogP contribution in [0.3, 0.4) is 0 Å².